The van der Waals surface area contributed by atoms with E-state index in [0.29, 0.717) is 0 Å². The van der Waals surface area contributed by atoms with Gasteiger partial charge >= 0.3 is 0 Å². The predicted molar refractivity (Wildman–Crippen MR) is 81.8 cm³/mol. The second-order valence-corrected chi connectivity index (χ2v) is 5.16. The van der Waals surface area contributed by atoms with Crippen LogP contribution in [0.15, 0.2) is 42.7 Å². The van der Waals surface area contributed by atoms with E-state index in [1.54, 1.807) is 12.4 Å². The van der Waals surface area contributed by atoms with Crippen LogP contribution in [0.3, 0.4) is 0 Å². The van der Waals surface area contributed by atoms with Gasteiger partial charge in [0.1, 0.15) is 11.9 Å². The van der Waals surface area contributed by atoms with Crippen LogP contribution in [0.4, 0.5) is 0 Å². The van der Waals surface area contributed by atoms with Gasteiger partial charge in [0.25, 0.3) is 0 Å². The average Bonchev–Trinajstić information content (AvgIpc) is 2.48. The van der Waals surface area contributed by atoms with Crippen LogP contribution >= 0.6 is 0 Å². The topological polar surface area (TPSA) is 48.1 Å². The normalized spacial score (nSPS) is 13.8. The first kappa shape index (κ1) is 14.5. The molecule has 1 heterocycles. The molecular weight excluding hydrogens is 248 g/mol. The summed E-state index contributed by atoms with van der Waals surface area (Å²) in [7, 11) is 0. The molecule has 2 aromatic rings. The zero-order valence-corrected chi connectivity index (χ0v) is 12.3. The molecule has 2 N–H and O–H groups in total. The molecular formula is C17H22N2O. The summed E-state index contributed by atoms with van der Waals surface area (Å²) in [5.41, 5.74) is 9.61. The van der Waals surface area contributed by atoms with Crippen LogP contribution in [0.25, 0.3) is 0 Å². The van der Waals surface area contributed by atoms with Crippen LogP contribution in [-0.2, 0) is 0 Å². The summed E-state index contributed by atoms with van der Waals surface area (Å²) in [6.45, 7) is 6.19. The second kappa shape index (κ2) is 6.53. The zero-order chi connectivity index (χ0) is 14.5. The molecule has 3 heteroatoms. The number of rotatable bonds is 5. The quantitative estimate of drug-likeness (QED) is 0.903. The Morgan fingerprint density at radius 3 is 2.50 bits per heavy atom. The van der Waals surface area contributed by atoms with Crippen molar-refractivity contribution in [2.24, 2.45) is 5.73 Å². The van der Waals surface area contributed by atoms with Crippen molar-refractivity contribution in [2.75, 3.05) is 0 Å². The highest BCUT2D eigenvalue weighted by molar-refractivity contribution is 5.36. The molecule has 1 aromatic carbocycles. The molecule has 2 atom stereocenters. The minimum atomic E-state index is -0.150. The molecule has 0 aliphatic carbocycles. The van der Waals surface area contributed by atoms with E-state index in [0.717, 1.165) is 23.3 Å². The number of nitrogens with zero attached hydrogens (tertiary/aromatic N) is 1. The molecule has 0 aliphatic rings. The van der Waals surface area contributed by atoms with Crippen LogP contribution < -0.4 is 10.5 Å². The fraction of sp³-hybridized carbons (Fsp3) is 0.353. The Morgan fingerprint density at radius 2 is 1.85 bits per heavy atom. The molecule has 0 amide bonds. The molecule has 3 nitrogen and oxygen atoms in total. The molecule has 0 saturated carbocycles. The monoisotopic (exact) mass is 270 g/mol. The summed E-state index contributed by atoms with van der Waals surface area (Å²) in [5, 5.41) is 0. The minimum Gasteiger partial charge on any atom is -0.484 e. The minimum absolute atomic E-state index is 0.0442. The van der Waals surface area contributed by atoms with Crippen LogP contribution in [-0.4, -0.2) is 11.0 Å². The summed E-state index contributed by atoms with van der Waals surface area (Å²) in [5.74, 6) is 0.899. The van der Waals surface area contributed by atoms with Crippen molar-refractivity contribution in [3.05, 3.63) is 59.4 Å². The SMILES string of the molecule is CCC(N)C(Oc1cc(C)ccc1C)c1ccncc1. The number of hydrogen-bond donors (Lipinski definition) is 1. The fourth-order valence-corrected chi connectivity index (χ4v) is 2.14. The van der Waals surface area contributed by atoms with E-state index in [1.165, 1.54) is 5.56 Å². The van der Waals surface area contributed by atoms with Crippen molar-refractivity contribution in [1.29, 1.82) is 0 Å². The third-order valence-corrected chi connectivity index (χ3v) is 3.49. The summed E-state index contributed by atoms with van der Waals surface area (Å²) < 4.78 is 6.21. The summed E-state index contributed by atoms with van der Waals surface area (Å²) in [6.07, 6.45) is 4.26. The highest BCUT2D eigenvalue weighted by atomic mass is 16.5. The summed E-state index contributed by atoms with van der Waals surface area (Å²) in [6, 6.07) is 10.1. The van der Waals surface area contributed by atoms with Crippen molar-refractivity contribution in [3.63, 3.8) is 0 Å². The number of aryl methyl sites for hydroxylation is 2. The van der Waals surface area contributed by atoms with Gasteiger partial charge < -0.3 is 10.5 Å². The van der Waals surface area contributed by atoms with Gasteiger partial charge in [0.05, 0.1) is 0 Å². The van der Waals surface area contributed by atoms with Gasteiger partial charge in [-0.25, -0.2) is 0 Å². The molecule has 106 valence electrons. The van der Waals surface area contributed by atoms with E-state index in [9.17, 15) is 0 Å². The lowest BCUT2D eigenvalue weighted by molar-refractivity contribution is 0.169. The third-order valence-electron chi connectivity index (χ3n) is 3.49. The van der Waals surface area contributed by atoms with Gasteiger partial charge in [-0.1, -0.05) is 19.1 Å². The summed E-state index contributed by atoms with van der Waals surface area (Å²) in [4.78, 5) is 4.06. The maximum absolute atomic E-state index is 6.24. The lowest BCUT2D eigenvalue weighted by atomic mass is 10.0. The highest BCUT2D eigenvalue weighted by Gasteiger charge is 2.21. The van der Waals surface area contributed by atoms with Crippen molar-refractivity contribution >= 4 is 0 Å². The summed E-state index contributed by atoms with van der Waals surface area (Å²) >= 11 is 0. The predicted octanol–water partition coefficient (Wildman–Crippen LogP) is 3.56. The van der Waals surface area contributed by atoms with E-state index < -0.39 is 0 Å². The average molecular weight is 270 g/mol. The number of hydrogen-bond acceptors (Lipinski definition) is 3. The van der Waals surface area contributed by atoms with Crippen molar-refractivity contribution in [2.45, 2.75) is 39.3 Å². The van der Waals surface area contributed by atoms with Crippen molar-refractivity contribution in [1.82, 2.24) is 4.98 Å². The van der Waals surface area contributed by atoms with Gasteiger partial charge in [-0.2, -0.15) is 0 Å². The zero-order valence-electron chi connectivity index (χ0n) is 12.3. The fourth-order valence-electron chi connectivity index (χ4n) is 2.14. The Morgan fingerprint density at radius 1 is 1.15 bits per heavy atom. The first-order valence-electron chi connectivity index (χ1n) is 7.01. The van der Waals surface area contributed by atoms with Crippen molar-refractivity contribution in [3.8, 4) is 5.75 Å². The number of benzene rings is 1. The van der Waals surface area contributed by atoms with E-state index >= 15 is 0 Å². The number of ether oxygens (including phenoxy) is 1. The Balaban J connectivity index is 2.31. The first-order valence-corrected chi connectivity index (χ1v) is 7.01. The number of pyridine rings is 1. The van der Waals surface area contributed by atoms with Gasteiger partial charge in [0, 0.05) is 18.4 Å². The van der Waals surface area contributed by atoms with Crippen LogP contribution in [0.2, 0.25) is 0 Å². The van der Waals surface area contributed by atoms with Gasteiger partial charge in [-0.3, -0.25) is 4.98 Å². The Kier molecular flexibility index (Phi) is 4.74. The maximum atomic E-state index is 6.24. The van der Waals surface area contributed by atoms with Crippen molar-refractivity contribution < 1.29 is 4.74 Å². The third kappa shape index (κ3) is 3.36. The molecule has 0 saturated heterocycles. The number of aromatic nitrogens is 1. The molecule has 0 radical (unpaired) electrons. The van der Waals surface area contributed by atoms with E-state index in [-0.39, 0.29) is 12.1 Å². The van der Waals surface area contributed by atoms with Gasteiger partial charge in [-0.15, -0.1) is 0 Å². The molecule has 0 aliphatic heterocycles. The van der Waals surface area contributed by atoms with Crippen LogP contribution in [0.5, 0.6) is 5.75 Å². The lowest BCUT2D eigenvalue weighted by Gasteiger charge is -2.25. The Bertz CT molecular complexity index is 554. The first-order chi connectivity index (χ1) is 9.61. The molecule has 0 fully saturated rings. The van der Waals surface area contributed by atoms with Gasteiger partial charge in [0.15, 0.2) is 0 Å². The molecule has 1 aromatic heterocycles. The van der Waals surface area contributed by atoms with Gasteiger partial charge in [0.2, 0.25) is 0 Å². The second-order valence-electron chi connectivity index (χ2n) is 5.16. The lowest BCUT2D eigenvalue weighted by Crippen LogP contribution is -2.31. The highest BCUT2D eigenvalue weighted by Crippen LogP contribution is 2.28. The standard InChI is InChI=1S/C17H22N2O/c1-4-15(18)17(14-7-9-19-10-8-14)20-16-11-12(2)5-6-13(16)3/h5-11,15,17H,4,18H2,1-3H3. The van der Waals surface area contributed by atoms with E-state index in [1.807, 2.05) is 12.1 Å². The Labute approximate surface area is 120 Å². The van der Waals surface area contributed by atoms with E-state index in [4.69, 9.17) is 10.5 Å². The van der Waals surface area contributed by atoms with Crippen LogP contribution in [0, 0.1) is 13.8 Å². The Hall–Kier alpha value is -1.87. The molecule has 20 heavy (non-hydrogen) atoms. The molecule has 0 bridgehead atoms. The van der Waals surface area contributed by atoms with Gasteiger partial charge in [-0.05, 0) is 55.2 Å². The maximum Gasteiger partial charge on any atom is 0.139 e. The molecule has 2 rings (SSSR count). The molecule has 2 unspecified atom stereocenters. The van der Waals surface area contributed by atoms with Crippen LogP contribution in [0.1, 0.15) is 36.1 Å². The molecule has 0 spiro atoms. The largest absolute Gasteiger partial charge is 0.484 e. The number of nitrogens with two attached hydrogens (primary N) is 1. The smallest absolute Gasteiger partial charge is 0.139 e. The van der Waals surface area contributed by atoms with E-state index in [2.05, 4.69) is 44.0 Å².